The largest absolute Gasteiger partial charge is 0.309 e. The van der Waals surface area contributed by atoms with Crippen molar-refractivity contribution in [1.29, 1.82) is 0 Å². The number of aromatic nitrogens is 6. The van der Waals surface area contributed by atoms with E-state index in [1.165, 1.54) is 231 Å². The SMILES string of the molecule is c1ccc(-c2ccc(-c3cccc(-n4c5cc(-c6ccccc6)ccc5c5cc6c7ccccc7n(-c7ccccc7)c6cc54)c3)cc2)cc1.c1ccc(-c2cccc(-c3ccc(-n4c5cc6c(cc5c5c(-c7ccccc7)cccc54)c4ccccc4n6-c4ccccc4)cc3)c2)cc1.c1ccc(-c2cccc(-c3cccc(-n4c5ccc(-c6ccccc6)cc5c5cc6c7ccccc7n(-c7ccccc7)c6cc54)c3)c2)cc1. The molecule has 0 unspecified atom stereocenters. The smallest absolute Gasteiger partial charge is 0.0562 e. The van der Waals surface area contributed by atoms with Crippen LogP contribution in [0.1, 0.15) is 0 Å². The number of para-hydroxylation sites is 6. The van der Waals surface area contributed by atoms with Crippen LogP contribution in [0.5, 0.6) is 0 Å². The summed E-state index contributed by atoms with van der Waals surface area (Å²) in [6.07, 6.45) is 0. The van der Waals surface area contributed by atoms with Crippen LogP contribution in [0.25, 0.3) is 265 Å². The fourth-order valence-electron chi connectivity index (χ4n) is 23.3. The van der Waals surface area contributed by atoms with E-state index in [0.29, 0.717) is 0 Å². The Morgan fingerprint density at radius 1 is 0.0867 bits per heavy atom. The van der Waals surface area contributed by atoms with E-state index in [0.717, 1.165) is 34.1 Å². The Balaban J connectivity index is 0.000000108. The van der Waals surface area contributed by atoms with E-state index in [9.17, 15) is 0 Å². The third kappa shape index (κ3) is 15.5. The molecule has 6 heteroatoms. The summed E-state index contributed by atoms with van der Waals surface area (Å²) in [6.45, 7) is 0. The molecule has 0 radical (unpaired) electrons. The van der Waals surface area contributed by atoms with Crippen molar-refractivity contribution in [2.24, 2.45) is 0 Å². The maximum atomic E-state index is 2.46. The van der Waals surface area contributed by atoms with E-state index in [2.05, 4.69) is 610 Å². The molecule has 702 valence electrons. The molecule has 24 aromatic carbocycles. The fraction of sp³-hybridized carbons (Fsp3) is 0. The summed E-state index contributed by atoms with van der Waals surface area (Å²) < 4.78 is 14.6. The Bertz CT molecular complexity index is 10400. The Hall–Kier alpha value is -19.9. The zero-order chi connectivity index (χ0) is 99.1. The summed E-state index contributed by atoms with van der Waals surface area (Å²) in [7, 11) is 0. The first-order chi connectivity index (χ1) is 74.4. The lowest BCUT2D eigenvalue weighted by molar-refractivity contribution is 1.16. The van der Waals surface area contributed by atoms with Crippen LogP contribution in [0.3, 0.4) is 0 Å². The molecule has 30 aromatic rings. The van der Waals surface area contributed by atoms with Crippen LogP contribution >= 0.6 is 0 Å². The lowest BCUT2D eigenvalue weighted by atomic mass is 9.99. The first kappa shape index (κ1) is 87.8. The molecule has 6 heterocycles. The molecular weight excluding hydrogens is 1810 g/mol. The number of rotatable bonds is 15. The monoisotopic (exact) mass is 1910 g/mol. The lowest BCUT2D eigenvalue weighted by Gasteiger charge is -2.12. The predicted molar refractivity (Wildman–Crippen MR) is 634 cm³/mol. The van der Waals surface area contributed by atoms with Gasteiger partial charge in [0.15, 0.2) is 0 Å². The number of hydrogen-bond donors (Lipinski definition) is 0. The van der Waals surface area contributed by atoms with Crippen LogP contribution in [0, 0.1) is 0 Å². The van der Waals surface area contributed by atoms with Crippen molar-refractivity contribution in [3.8, 4) is 134 Å². The average Bonchev–Trinajstić information content (AvgIpc) is 1.56. The molecule has 0 saturated heterocycles. The van der Waals surface area contributed by atoms with Gasteiger partial charge >= 0.3 is 0 Å². The van der Waals surface area contributed by atoms with Gasteiger partial charge in [0.2, 0.25) is 0 Å². The van der Waals surface area contributed by atoms with Crippen LogP contribution in [-0.2, 0) is 0 Å². The summed E-state index contributed by atoms with van der Waals surface area (Å²) in [5.41, 5.74) is 43.1. The minimum absolute atomic E-state index is 1.14. The molecular formula is C144H96N6. The number of benzene rings is 24. The van der Waals surface area contributed by atoms with Crippen molar-refractivity contribution >= 4 is 131 Å². The van der Waals surface area contributed by atoms with Gasteiger partial charge in [0, 0.05) is 98.8 Å². The van der Waals surface area contributed by atoms with Crippen LogP contribution in [0.2, 0.25) is 0 Å². The van der Waals surface area contributed by atoms with Gasteiger partial charge in [-0.3, -0.25) is 0 Å². The zero-order valence-corrected chi connectivity index (χ0v) is 82.1. The quantitative estimate of drug-likeness (QED) is 0.0979. The van der Waals surface area contributed by atoms with Gasteiger partial charge in [-0.05, 0) is 264 Å². The average molecular weight is 1910 g/mol. The van der Waals surface area contributed by atoms with Gasteiger partial charge in [-0.25, -0.2) is 0 Å². The van der Waals surface area contributed by atoms with Gasteiger partial charge in [0.05, 0.1) is 66.2 Å². The highest BCUT2D eigenvalue weighted by Crippen LogP contribution is 2.49. The van der Waals surface area contributed by atoms with E-state index < -0.39 is 0 Å². The highest BCUT2D eigenvalue weighted by molar-refractivity contribution is 6.25. The summed E-state index contributed by atoms with van der Waals surface area (Å²) in [6, 6.07) is 211. The topological polar surface area (TPSA) is 29.6 Å². The Labute approximate surface area is 868 Å². The highest BCUT2D eigenvalue weighted by atomic mass is 15.0. The molecule has 0 atom stereocenters. The maximum absolute atomic E-state index is 2.46. The highest BCUT2D eigenvalue weighted by Gasteiger charge is 2.26. The first-order valence-electron chi connectivity index (χ1n) is 51.6. The third-order valence-electron chi connectivity index (χ3n) is 30.3. The van der Waals surface area contributed by atoms with Crippen LogP contribution in [0.15, 0.2) is 582 Å². The second-order valence-corrected chi connectivity index (χ2v) is 39.0. The molecule has 6 nitrogen and oxygen atoms in total. The molecule has 0 aliphatic carbocycles. The lowest BCUT2D eigenvalue weighted by Crippen LogP contribution is -1.96. The zero-order valence-electron chi connectivity index (χ0n) is 82.1. The molecule has 0 amide bonds. The molecule has 30 rings (SSSR count). The summed E-state index contributed by atoms with van der Waals surface area (Å²) in [4.78, 5) is 0. The molecule has 0 saturated carbocycles. The Kier molecular flexibility index (Phi) is 21.9. The normalized spacial score (nSPS) is 11.6. The van der Waals surface area contributed by atoms with Crippen molar-refractivity contribution in [2.45, 2.75) is 0 Å². The molecule has 6 aromatic heterocycles. The van der Waals surface area contributed by atoms with E-state index in [1.807, 2.05) is 0 Å². The van der Waals surface area contributed by atoms with Gasteiger partial charge in [-0.2, -0.15) is 0 Å². The van der Waals surface area contributed by atoms with Gasteiger partial charge in [-0.15, -0.1) is 0 Å². The molecule has 0 spiro atoms. The second kappa shape index (κ2) is 37.4. The molecule has 150 heavy (non-hydrogen) atoms. The number of fused-ring (bicyclic) bond motifs is 18. The van der Waals surface area contributed by atoms with Gasteiger partial charge in [-0.1, -0.05) is 419 Å². The summed E-state index contributed by atoms with van der Waals surface area (Å²) in [5, 5.41) is 15.1. The molecule has 0 bridgehead atoms. The van der Waals surface area contributed by atoms with Crippen LogP contribution in [0.4, 0.5) is 0 Å². The van der Waals surface area contributed by atoms with Gasteiger partial charge < -0.3 is 27.4 Å². The second-order valence-electron chi connectivity index (χ2n) is 39.0. The van der Waals surface area contributed by atoms with Crippen molar-refractivity contribution < 1.29 is 0 Å². The molecule has 0 N–H and O–H groups in total. The van der Waals surface area contributed by atoms with E-state index in [-0.39, 0.29) is 0 Å². The van der Waals surface area contributed by atoms with Crippen molar-refractivity contribution in [1.82, 2.24) is 27.4 Å². The molecule has 0 fully saturated rings. The molecule has 0 aliphatic rings. The Morgan fingerprint density at radius 3 is 0.720 bits per heavy atom. The molecule has 0 aliphatic heterocycles. The minimum Gasteiger partial charge on any atom is -0.309 e. The maximum Gasteiger partial charge on any atom is 0.0562 e. The number of nitrogens with zero attached hydrogens (tertiary/aromatic N) is 6. The van der Waals surface area contributed by atoms with Gasteiger partial charge in [0.1, 0.15) is 0 Å². The minimum atomic E-state index is 1.14. The third-order valence-corrected chi connectivity index (χ3v) is 30.3. The fourth-order valence-corrected chi connectivity index (χ4v) is 23.3. The van der Waals surface area contributed by atoms with E-state index >= 15 is 0 Å². The van der Waals surface area contributed by atoms with E-state index in [4.69, 9.17) is 0 Å². The standard InChI is InChI=1S/3C48H32N2/c1-4-14-33(15-5-1)35-18-12-19-36(28-35)37-20-13-23-40(29-37)50-46-27-26-38(34-16-6-2-7-17-34)30-42(46)44-31-43-41-24-10-11-25-45(41)49(47(43)32-48(44)50)39-21-8-3-9-22-39;1-4-14-33(15-5-1)36-18-12-19-37(30-36)34-26-28-39(29-27-34)50-45-25-13-23-40(35-16-6-2-7-17-35)48(45)43-31-42-41-22-10-11-24-44(41)49(46(42)32-47(43)50)38-20-8-3-9-21-38;1-4-13-33(14-5-1)35-23-25-36(26-24-35)37-17-12-20-40(29-37)50-46-30-38(34-15-6-2-7-16-34)27-28-42(46)44-31-43-41-21-10-11-22-45(41)49(47(43)32-48(44)50)39-18-8-3-9-19-39/h3*1-32H. The van der Waals surface area contributed by atoms with Crippen molar-refractivity contribution in [3.63, 3.8) is 0 Å². The van der Waals surface area contributed by atoms with Crippen molar-refractivity contribution in [2.75, 3.05) is 0 Å². The van der Waals surface area contributed by atoms with Crippen LogP contribution in [-0.4, -0.2) is 27.4 Å². The number of hydrogen-bond acceptors (Lipinski definition) is 0. The van der Waals surface area contributed by atoms with E-state index in [1.54, 1.807) is 0 Å². The van der Waals surface area contributed by atoms with Crippen molar-refractivity contribution in [3.05, 3.63) is 582 Å². The summed E-state index contributed by atoms with van der Waals surface area (Å²) >= 11 is 0. The predicted octanol–water partition coefficient (Wildman–Crippen LogP) is 38.6. The van der Waals surface area contributed by atoms with Gasteiger partial charge in [0.25, 0.3) is 0 Å². The summed E-state index contributed by atoms with van der Waals surface area (Å²) in [5.74, 6) is 0. The first-order valence-corrected chi connectivity index (χ1v) is 51.6. The Morgan fingerprint density at radius 2 is 0.300 bits per heavy atom. The van der Waals surface area contributed by atoms with Crippen LogP contribution < -0.4 is 0 Å².